The molecule has 2 aliphatic heterocycles. The van der Waals surface area contributed by atoms with E-state index in [0.717, 1.165) is 42.8 Å². The first kappa shape index (κ1) is 10.6. The van der Waals surface area contributed by atoms with Gasteiger partial charge in [0.25, 0.3) is 0 Å². The second-order valence-corrected chi connectivity index (χ2v) is 5.71. The molecule has 3 heterocycles. The molecule has 0 spiro atoms. The van der Waals surface area contributed by atoms with E-state index in [2.05, 4.69) is 22.0 Å². The molecule has 1 saturated heterocycles. The van der Waals surface area contributed by atoms with Crippen molar-refractivity contribution < 1.29 is 0 Å². The monoisotopic (exact) mass is 239 g/mol. The molecule has 0 saturated carbocycles. The van der Waals surface area contributed by atoms with Gasteiger partial charge < -0.3 is 10.6 Å². The van der Waals surface area contributed by atoms with Gasteiger partial charge in [0.2, 0.25) is 0 Å². The number of likely N-dealkylation sites (N-methyl/N-ethyl adjacent to an activating group) is 1. The summed E-state index contributed by atoms with van der Waals surface area (Å²) in [5.74, 6) is 2.41. The maximum Gasteiger partial charge on any atom is 0.186 e. The van der Waals surface area contributed by atoms with Crippen LogP contribution in [0, 0.1) is 0 Å². The number of aromatic nitrogens is 3. The van der Waals surface area contributed by atoms with Gasteiger partial charge in [-0.1, -0.05) is 11.8 Å². The molecule has 2 N–H and O–H groups in total. The molecule has 1 aromatic rings. The van der Waals surface area contributed by atoms with Crippen LogP contribution in [0.3, 0.4) is 0 Å². The third-order valence-corrected chi connectivity index (χ3v) is 4.33. The smallest absolute Gasteiger partial charge is 0.186 e. The third-order valence-electron chi connectivity index (χ3n) is 3.38. The van der Waals surface area contributed by atoms with Crippen LogP contribution in [0.15, 0.2) is 5.16 Å². The molecule has 0 aliphatic carbocycles. The summed E-state index contributed by atoms with van der Waals surface area (Å²) in [4.78, 5) is 6.88. The van der Waals surface area contributed by atoms with E-state index in [4.69, 9.17) is 5.73 Å². The van der Waals surface area contributed by atoms with E-state index < -0.39 is 0 Å². The number of likely N-dealkylation sites (tertiary alicyclic amines) is 1. The Hall–Kier alpha value is -0.590. The summed E-state index contributed by atoms with van der Waals surface area (Å²) in [6.07, 6.45) is 1.08. The first-order chi connectivity index (χ1) is 7.74. The van der Waals surface area contributed by atoms with Crippen LogP contribution in [0.2, 0.25) is 0 Å². The fraction of sp³-hybridized carbons (Fsp3) is 0.800. The van der Waals surface area contributed by atoms with Gasteiger partial charge >= 0.3 is 0 Å². The van der Waals surface area contributed by atoms with Crippen LogP contribution < -0.4 is 5.73 Å². The van der Waals surface area contributed by atoms with E-state index in [1.807, 2.05) is 4.68 Å². The quantitative estimate of drug-likeness (QED) is 0.755. The first-order valence-electron chi connectivity index (χ1n) is 5.75. The van der Waals surface area contributed by atoms with Crippen molar-refractivity contribution in [1.29, 1.82) is 0 Å². The van der Waals surface area contributed by atoms with Gasteiger partial charge in [-0.3, -0.25) is 0 Å². The fourth-order valence-electron chi connectivity index (χ4n) is 2.45. The van der Waals surface area contributed by atoms with Crippen LogP contribution in [0.1, 0.15) is 18.2 Å². The summed E-state index contributed by atoms with van der Waals surface area (Å²) in [5, 5.41) is 5.65. The Morgan fingerprint density at radius 1 is 1.44 bits per heavy atom. The summed E-state index contributed by atoms with van der Waals surface area (Å²) < 4.78 is 2.02. The number of hydrogen-bond donors (Lipinski definition) is 1. The van der Waals surface area contributed by atoms with Crippen molar-refractivity contribution in [1.82, 2.24) is 19.7 Å². The molecule has 1 aromatic heterocycles. The van der Waals surface area contributed by atoms with Gasteiger partial charge in [0.15, 0.2) is 11.0 Å². The number of fused-ring (bicyclic) bond motifs is 1. The van der Waals surface area contributed by atoms with E-state index in [1.54, 1.807) is 11.8 Å². The number of nitrogens with zero attached hydrogens (tertiary/aromatic N) is 4. The van der Waals surface area contributed by atoms with E-state index in [-0.39, 0.29) is 6.04 Å². The lowest BCUT2D eigenvalue weighted by Gasteiger charge is -2.32. The van der Waals surface area contributed by atoms with Gasteiger partial charge in [-0.25, -0.2) is 9.67 Å². The third kappa shape index (κ3) is 1.74. The Kier molecular flexibility index (Phi) is 2.65. The molecular formula is C10H17N5S. The highest BCUT2D eigenvalue weighted by molar-refractivity contribution is 7.99. The minimum absolute atomic E-state index is 0.173. The lowest BCUT2D eigenvalue weighted by Crippen LogP contribution is -2.46. The van der Waals surface area contributed by atoms with Crippen molar-refractivity contribution in [3.8, 4) is 0 Å². The van der Waals surface area contributed by atoms with Crippen LogP contribution in [0.5, 0.6) is 0 Å². The van der Waals surface area contributed by atoms with Crippen molar-refractivity contribution in [3.05, 3.63) is 5.82 Å². The van der Waals surface area contributed by atoms with Gasteiger partial charge in [-0.05, 0) is 20.0 Å². The predicted octanol–water partition coefficient (Wildman–Crippen LogP) is 0.130. The van der Waals surface area contributed by atoms with Crippen LogP contribution in [0.25, 0.3) is 0 Å². The minimum Gasteiger partial charge on any atom is -0.326 e. The molecule has 0 bridgehead atoms. The molecule has 5 nitrogen and oxygen atoms in total. The van der Waals surface area contributed by atoms with Gasteiger partial charge in [0.1, 0.15) is 0 Å². The van der Waals surface area contributed by atoms with Crippen molar-refractivity contribution >= 4 is 11.8 Å². The highest BCUT2D eigenvalue weighted by Gasteiger charge is 2.30. The minimum atomic E-state index is 0.173. The van der Waals surface area contributed by atoms with Crippen molar-refractivity contribution in [2.24, 2.45) is 5.73 Å². The molecule has 3 rings (SSSR count). The summed E-state index contributed by atoms with van der Waals surface area (Å²) in [7, 11) is 2.12. The Labute approximate surface area is 99.4 Å². The van der Waals surface area contributed by atoms with Gasteiger partial charge in [-0.15, -0.1) is 0 Å². The molecular weight excluding hydrogens is 222 g/mol. The second kappa shape index (κ2) is 4.01. The summed E-state index contributed by atoms with van der Waals surface area (Å²) >= 11 is 1.79. The second-order valence-electron chi connectivity index (χ2n) is 4.65. The highest BCUT2D eigenvalue weighted by Crippen LogP contribution is 2.29. The normalized spacial score (nSPS) is 30.6. The molecule has 2 aliphatic rings. The molecule has 0 radical (unpaired) electrons. The Morgan fingerprint density at radius 2 is 2.31 bits per heavy atom. The zero-order valence-electron chi connectivity index (χ0n) is 9.46. The van der Waals surface area contributed by atoms with Crippen LogP contribution in [-0.2, 0) is 6.54 Å². The number of rotatable bonds is 1. The van der Waals surface area contributed by atoms with E-state index in [0.29, 0.717) is 5.92 Å². The molecule has 2 atom stereocenters. The average Bonchev–Trinajstić information content (AvgIpc) is 2.76. The molecule has 16 heavy (non-hydrogen) atoms. The maximum absolute atomic E-state index is 6.18. The number of thioether (sulfide) groups is 1. The molecule has 2 unspecified atom stereocenters. The molecule has 1 fully saturated rings. The summed E-state index contributed by atoms with van der Waals surface area (Å²) in [6.45, 7) is 3.03. The number of piperidine rings is 1. The SMILES string of the molecule is CN1CCC(c2nc3n(n2)CCS3)C(N)C1. The molecule has 0 amide bonds. The van der Waals surface area contributed by atoms with Crippen LogP contribution in [0.4, 0.5) is 0 Å². The Balaban J connectivity index is 1.81. The van der Waals surface area contributed by atoms with Gasteiger partial charge in [0.05, 0.1) is 6.54 Å². The lowest BCUT2D eigenvalue weighted by molar-refractivity contribution is 0.224. The molecule has 0 aromatic carbocycles. The van der Waals surface area contributed by atoms with E-state index in [1.165, 1.54) is 0 Å². The first-order valence-corrected chi connectivity index (χ1v) is 6.74. The van der Waals surface area contributed by atoms with Crippen molar-refractivity contribution in [2.45, 2.75) is 30.1 Å². The maximum atomic E-state index is 6.18. The Bertz CT molecular complexity index is 369. The average molecular weight is 239 g/mol. The standard InChI is InChI=1S/C10H17N5S/c1-14-3-2-7(8(11)6-14)9-12-10-15(13-9)4-5-16-10/h7-8H,2-6,11H2,1H3. The zero-order valence-corrected chi connectivity index (χ0v) is 10.3. The van der Waals surface area contributed by atoms with Gasteiger partial charge in [-0.2, -0.15) is 5.10 Å². The lowest BCUT2D eigenvalue weighted by atomic mass is 9.92. The molecule has 88 valence electrons. The van der Waals surface area contributed by atoms with E-state index in [9.17, 15) is 0 Å². The number of hydrogen-bond acceptors (Lipinski definition) is 5. The van der Waals surface area contributed by atoms with Crippen molar-refractivity contribution in [2.75, 3.05) is 25.9 Å². The largest absolute Gasteiger partial charge is 0.326 e. The summed E-state index contributed by atoms with van der Waals surface area (Å²) in [5.41, 5.74) is 6.18. The van der Waals surface area contributed by atoms with Crippen LogP contribution in [-0.4, -0.2) is 51.6 Å². The van der Waals surface area contributed by atoms with E-state index >= 15 is 0 Å². The highest BCUT2D eigenvalue weighted by atomic mass is 32.2. The predicted molar refractivity (Wildman–Crippen MR) is 63.6 cm³/mol. The van der Waals surface area contributed by atoms with Crippen LogP contribution >= 0.6 is 11.8 Å². The Morgan fingerprint density at radius 3 is 3.06 bits per heavy atom. The topological polar surface area (TPSA) is 60.0 Å². The summed E-state index contributed by atoms with van der Waals surface area (Å²) in [6, 6.07) is 0.173. The zero-order chi connectivity index (χ0) is 11.1. The number of nitrogens with two attached hydrogens (primary N) is 1. The number of aryl methyl sites for hydroxylation is 1. The molecule has 6 heteroatoms. The van der Waals surface area contributed by atoms with Gasteiger partial charge in [0, 0.05) is 24.3 Å². The fourth-order valence-corrected chi connectivity index (χ4v) is 3.34. The van der Waals surface area contributed by atoms with Crippen molar-refractivity contribution in [3.63, 3.8) is 0 Å².